The van der Waals surface area contributed by atoms with Crippen LogP contribution in [-0.4, -0.2) is 53.6 Å². The number of rotatable bonds is 4. The summed E-state index contributed by atoms with van der Waals surface area (Å²) in [6.07, 6.45) is 2.37. The molecule has 5 nitrogen and oxygen atoms in total. The highest BCUT2D eigenvalue weighted by Crippen LogP contribution is 2.43. The number of carbonyl (C=O) groups excluding carboxylic acids is 1. The predicted molar refractivity (Wildman–Crippen MR) is 94.0 cm³/mol. The van der Waals surface area contributed by atoms with Crippen molar-refractivity contribution in [2.24, 2.45) is 11.3 Å². The fourth-order valence-corrected chi connectivity index (χ4v) is 4.35. The molecule has 1 aromatic heterocycles. The Kier molecular flexibility index (Phi) is 4.36. The lowest BCUT2D eigenvalue weighted by atomic mass is 9.73. The van der Waals surface area contributed by atoms with Gasteiger partial charge in [-0.05, 0) is 30.0 Å². The third kappa shape index (κ3) is 3.10. The van der Waals surface area contributed by atoms with Gasteiger partial charge in [0.05, 0.1) is 12.9 Å². The summed E-state index contributed by atoms with van der Waals surface area (Å²) in [4.78, 5) is 16.9. The molecule has 0 bridgehead atoms. The van der Waals surface area contributed by atoms with Gasteiger partial charge < -0.3 is 14.4 Å². The van der Waals surface area contributed by atoms with E-state index >= 15 is 0 Å². The summed E-state index contributed by atoms with van der Waals surface area (Å²) in [6, 6.07) is 13.9. The van der Waals surface area contributed by atoms with Gasteiger partial charge in [0, 0.05) is 38.1 Å². The minimum absolute atomic E-state index is 0.0435. The molecule has 1 N–H and O–H groups in total. The monoisotopic (exact) mass is 340 g/mol. The van der Waals surface area contributed by atoms with E-state index in [4.69, 9.17) is 4.42 Å². The average Bonchev–Trinajstić information content (AvgIpc) is 3.29. The number of furan rings is 1. The van der Waals surface area contributed by atoms with Gasteiger partial charge in [-0.3, -0.25) is 9.69 Å². The third-order valence-corrected chi connectivity index (χ3v) is 5.79. The lowest BCUT2D eigenvalue weighted by Crippen LogP contribution is -2.50. The second-order valence-corrected chi connectivity index (χ2v) is 7.35. The number of likely N-dealkylation sites (tertiary alicyclic amines) is 2. The number of carbonyl (C=O) groups is 1. The van der Waals surface area contributed by atoms with Crippen LogP contribution in [0.5, 0.6) is 0 Å². The molecule has 1 amide bonds. The molecule has 132 valence electrons. The van der Waals surface area contributed by atoms with Crippen LogP contribution in [0.4, 0.5) is 0 Å². The number of aliphatic hydroxyl groups is 1. The van der Waals surface area contributed by atoms with Crippen LogP contribution in [0.3, 0.4) is 0 Å². The van der Waals surface area contributed by atoms with E-state index in [0.29, 0.717) is 24.8 Å². The van der Waals surface area contributed by atoms with Gasteiger partial charge in [0.1, 0.15) is 0 Å². The van der Waals surface area contributed by atoms with Gasteiger partial charge in [0.15, 0.2) is 5.76 Å². The average molecular weight is 340 g/mol. The maximum absolute atomic E-state index is 12.6. The van der Waals surface area contributed by atoms with Gasteiger partial charge in [-0.1, -0.05) is 30.3 Å². The SMILES string of the molecule is O=C(c1ccco1)N1CC[C@@]2(CO)CN(Cc3ccccc3)C[C@H]2C1. The summed E-state index contributed by atoms with van der Waals surface area (Å²) < 4.78 is 5.26. The molecule has 2 aliphatic heterocycles. The van der Waals surface area contributed by atoms with Crippen LogP contribution in [0.25, 0.3) is 0 Å². The Hall–Kier alpha value is -2.11. The fourth-order valence-electron chi connectivity index (χ4n) is 4.35. The normalized spacial score (nSPS) is 26.6. The molecule has 4 rings (SSSR count). The van der Waals surface area contributed by atoms with Crippen molar-refractivity contribution in [1.29, 1.82) is 0 Å². The second kappa shape index (κ2) is 6.65. The van der Waals surface area contributed by atoms with Crippen molar-refractivity contribution in [2.75, 3.05) is 32.8 Å². The van der Waals surface area contributed by atoms with E-state index in [1.54, 1.807) is 12.1 Å². The maximum Gasteiger partial charge on any atom is 0.289 e. The lowest BCUT2D eigenvalue weighted by Gasteiger charge is -2.42. The van der Waals surface area contributed by atoms with Crippen LogP contribution in [0, 0.1) is 11.3 Å². The van der Waals surface area contributed by atoms with Crippen LogP contribution in [0.2, 0.25) is 0 Å². The van der Waals surface area contributed by atoms with E-state index in [0.717, 1.165) is 26.1 Å². The topological polar surface area (TPSA) is 56.9 Å². The first-order valence-corrected chi connectivity index (χ1v) is 8.90. The molecular formula is C20H24N2O3. The van der Waals surface area contributed by atoms with Gasteiger partial charge in [0.2, 0.25) is 0 Å². The Bertz CT molecular complexity index is 716. The van der Waals surface area contributed by atoms with Crippen molar-refractivity contribution in [3.05, 3.63) is 60.1 Å². The van der Waals surface area contributed by atoms with Crippen molar-refractivity contribution in [2.45, 2.75) is 13.0 Å². The number of fused-ring (bicyclic) bond motifs is 1. The number of amides is 1. The van der Waals surface area contributed by atoms with Crippen LogP contribution in [-0.2, 0) is 6.54 Å². The number of nitrogens with zero attached hydrogens (tertiary/aromatic N) is 2. The number of hydrogen-bond acceptors (Lipinski definition) is 4. The first-order valence-electron chi connectivity index (χ1n) is 8.90. The molecule has 0 radical (unpaired) electrons. The minimum Gasteiger partial charge on any atom is -0.459 e. The molecule has 25 heavy (non-hydrogen) atoms. The van der Waals surface area contributed by atoms with Crippen molar-refractivity contribution >= 4 is 5.91 Å². The molecule has 1 aromatic carbocycles. The highest BCUT2D eigenvalue weighted by Gasteiger charge is 2.49. The van der Waals surface area contributed by atoms with E-state index < -0.39 is 0 Å². The molecule has 0 spiro atoms. The molecular weight excluding hydrogens is 316 g/mol. The molecule has 5 heteroatoms. The minimum atomic E-state index is -0.0886. The Morgan fingerprint density at radius 1 is 1.20 bits per heavy atom. The number of benzene rings is 1. The zero-order chi connectivity index (χ0) is 17.3. The van der Waals surface area contributed by atoms with Crippen LogP contribution in [0.1, 0.15) is 22.5 Å². The van der Waals surface area contributed by atoms with Crippen molar-refractivity contribution in [1.82, 2.24) is 9.80 Å². The molecule has 2 saturated heterocycles. The van der Waals surface area contributed by atoms with E-state index in [2.05, 4.69) is 29.2 Å². The van der Waals surface area contributed by atoms with Gasteiger partial charge in [0.25, 0.3) is 5.91 Å². The van der Waals surface area contributed by atoms with Gasteiger partial charge in [-0.15, -0.1) is 0 Å². The summed E-state index contributed by atoms with van der Waals surface area (Å²) in [5.41, 5.74) is 1.20. The largest absolute Gasteiger partial charge is 0.459 e. The van der Waals surface area contributed by atoms with Crippen molar-refractivity contribution in [3.8, 4) is 0 Å². The molecule has 2 atom stereocenters. The van der Waals surface area contributed by atoms with Crippen molar-refractivity contribution in [3.63, 3.8) is 0 Å². The number of hydrogen-bond donors (Lipinski definition) is 1. The molecule has 0 aliphatic carbocycles. The van der Waals surface area contributed by atoms with Crippen molar-refractivity contribution < 1.29 is 14.3 Å². The van der Waals surface area contributed by atoms with Gasteiger partial charge in [-0.25, -0.2) is 0 Å². The number of piperidine rings is 1. The van der Waals surface area contributed by atoms with Crippen LogP contribution in [0.15, 0.2) is 53.1 Å². The molecule has 2 aliphatic rings. The Balaban J connectivity index is 1.46. The predicted octanol–water partition coefficient (Wildman–Crippen LogP) is 2.24. The zero-order valence-corrected chi connectivity index (χ0v) is 14.3. The molecule has 3 heterocycles. The summed E-state index contributed by atoms with van der Waals surface area (Å²) in [5.74, 6) is 0.655. The molecule has 2 aromatic rings. The third-order valence-electron chi connectivity index (χ3n) is 5.79. The maximum atomic E-state index is 12.6. The summed E-state index contributed by atoms with van der Waals surface area (Å²) >= 11 is 0. The lowest BCUT2D eigenvalue weighted by molar-refractivity contribution is 0.0163. The standard InChI is InChI=1S/C20H24N2O3/c23-15-20-8-9-22(19(24)18-7-4-10-25-18)13-17(20)12-21(14-20)11-16-5-2-1-3-6-16/h1-7,10,17,23H,8-9,11-15H2/t17-,20-/m0/s1. The smallest absolute Gasteiger partial charge is 0.289 e. The van der Waals surface area contributed by atoms with Gasteiger partial charge >= 0.3 is 0 Å². The first-order chi connectivity index (χ1) is 12.2. The van der Waals surface area contributed by atoms with E-state index in [9.17, 15) is 9.90 Å². The molecule has 2 fully saturated rings. The number of aliphatic hydroxyl groups excluding tert-OH is 1. The van der Waals surface area contributed by atoms with E-state index in [1.165, 1.54) is 11.8 Å². The summed E-state index contributed by atoms with van der Waals surface area (Å²) in [5, 5.41) is 10.1. The highest BCUT2D eigenvalue weighted by molar-refractivity contribution is 5.91. The van der Waals surface area contributed by atoms with E-state index in [1.807, 2.05) is 11.0 Å². The van der Waals surface area contributed by atoms with Crippen LogP contribution >= 0.6 is 0 Å². The quantitative estimate of drug-likeness (QED) is 0.927. The summed E-state index contributed by atoms with van der Waals surface area (Å²) in [7, 11) is 0. The highest BCUT2D eigenvalue weighted by atomic mass is 16.3. The fraction of sp³-hybridized carbons (Fsp3) is 0.450. The Labute approximate surface area is 147 Å². The van der Waals surface area contributed by atoms with Gasteiger partial charge in [-0.2, -0.15) is 0 Å². The Morgan fingerprint density at radius 2 is 2.04 bits per heavy atom. The Morgan fingerprint density at radius 3 is 2.76 bits per heavy atom. The zero-order valence-electron chi connectivity index (χ0n) is 14.3. The van der Waals surface area contributed by atoms with E-state index in [-0.39, 0.29) is 17.9 Å². The molecule has 0 saturated carbocycles. The summed E-state index contributed by atoms with van der Waals surface area (Å²) in [6.45, 7) is 4.25. The molecule has 0 unspecified atom stereocenters. The first kappa shape index (κ1) is 16.4. The van der Waals surface area contributed by atoms with Crippen LogP contribution < -0.4 is 0 Å². The second-order valence-electron chi connectivity index (χ2n) is 7.35.